The Morgan fingerprint density at radius 2 is 1.56 bits per heavy atom. The summed E-state index contributed by atoms with van der Waals surface area (Å²) in [6, 6.07) is 9.98. The van der Waals surface area contributed by atoms with E-state index in [1.54, 1.807) is 36.3 Å². The van der Waals surface area contributed by atoms with Crippen molar-refractivity contribution in [2.24, 2.45) is 23.7 Å². The molecule has 2 aliphatic heterocycles. The number of amides is 1. The van der Waals surface area contributed by atoms with E-state index in [4.69, 9.17) is 4.74 Å². The van der Waals surface area contributed by atoms with Gasteiger partial charge in [-0.15, -0.1) is 0 Å². The van der Waals surface area contributed by atoms with Gasteiger partial charge in [0, 0.05) is 63.0 Å². The van der Waals surface area contributed by atoms with E-state index in [1.807, 2.05) is 18.2 Å². The number of esters is 1. The Hall–Kier alpha value is -2.49. The molecule has 4 bridgehead atoms. The predicted molar refractivity (Wildman–Crippen MR) is 157 cm³/mol. The zero-order chi connectivity index (χ0) is 27.9. The molecule has 1 aromatic heterocycles. The van der Waals surface area contributed by atoms with Crippen molar-refractivity contribution in [2.45, 2.75) is 67.6 Å². The molecule has 41 heavy (non-hydrogen) atoms. The topological polar surface area (TPSA) is 78.9 Å². The van der Waals surface area contributed by atoms with E-state index < -0.39 is 0 Å². The summed E-state index contributed by atoms with van der Waals surface area (Å²) in [5.74, 6) is 3.70. The molecule has 3 heterocycles. The van der Waals surface area contributed by atoms with Crippen LogP contribution in [0.15, 0.2) is 47.9 Å². The highest BCUT2D eigenvalue weighted by Gasteiger charge is 2.50. The number of carbonyl (C=O) groups excluding carboxylic acids is 2. The van der Waals surface area contributed by atoms with Crippen LogP contribution in [-0.2, 0) is 16.1 Å². The Bertz CT molecular complexity index is 1210. The lowest BCUT2D eigenvalue weighted by Gasteiger charge is -2.58. The standard InChI is InChI=1S/C32H41N5O3S/c1-40-31(39)24-5-3-21(4-6-24)19-37-20-27(41-32-33-7-2-8-34-32)18-28(37)30(38)36-11-9-35(10-12-36)29-25-14-22-13-23(16-25)17-26(29)15-22/h2-8,22-23,25-29H,9-20H2,1H3/t22?,23?,25?,26?,27-,28-,29?/m0/s1. The van der Waals surface area contributed by atoms with Gasteiger partial charge >= 0.3 is 5.97 Å². The smallest absolute Gasteiger partial charge is 0.337 e. The third-order valence-corrected chi connectivity index (χ3v) is 11.5. The van der Waals surface area contributed by atoms with Gasteiger partial charge < -0.3 is 9.64 Å². The molecule has 0 radical (unpaired) electrons. The maximum absolute atomic E-state index is 14.1. The van der Waals surface area contributed by atoms with Crippen LogP contribution in [0, 0.1) is 23.7 Å². The zero-order valence-corrected chi connectivity index (χ0v) is 24.8. The number of carbonyl (C=O) groups is 2. The summed E-state index contributed by atoms with van der Waals surface area (Å²) in [5, 5.41) is 1.01. The first-order valence-electron chi connectivity index (χ1n) is 15.4. The molecule has 1 aromatic carbocycles. The van der Waals surface area contributed by atoms with Crippen LogP contribution in [0.25, 0.3) is 0 Å². The molecule has 8 nitrogen and oxygen atoms in total. The molecule has 1 amide bonds. The van der Waals surface area contributed by atoms with Crippen molar-refractivity contribution >= 4 is 23.6 Å². The second-order valence-corrected chi connectivity index (χ2v) is 14.2. The fourth-order valence-electron chi connectivity index (χ4n) is 8.92. The van der Waals surface area contributed by atoms with Gasteiger partial charge in [0.1, 0.15) is 0 Å². The third-order valence-electron chi connectivity index (χ3n) is 10.4. The first-order valence-corrected chi connectivity index (χ1v) is 16.3. The third kappa shape index (κ3) is 5.65. The number of ether oxygens (including phenoxy) is 1. The number of nitrogens with zero attached hydrogens (tertiary/aromatic N) is 5. The molecule has 6 fully saturated rings. The number of hydrogen-bond acceptors (Lipinski definition) is 8. The molecule has 9 heteroatoms. The monoisotopic (exact) mass is 575 g/mol. The molecule has 2 atom stereocenters. The van der Waals surface area contributed by atoms with E-state index in [1.165, 1.54) is 39.2 Å². The number of benzene rings is 1. The summed E-state index contributed by atoms with van der Waals surface area (Å²) in [5.41, 5.74) is 1.63. The van der Waals surface area contributed by atoms with Crippen molar-refractivity contribution in [1.82, 2.24) is 24.7 Å². The lowest BCUT2D eigenvalue weighted by molar-refractivity contribution is -0.140. The number of methoxy groups -OCH3 is 1. The van der Waals surface area contributed by atoms with Crippen LogP contribution in [0.1, 0.15) is 54.4 Å². The zero-order valence-electron chi connectivity index (χ0n) is 23.9. The Morgan fingerprint density at radius 1 is 0.902 bits per heavy atom. The second-order valence-electron chi connectivity index (χ2n) is 12.9. The van der Waals surface area contributed by atoms with Crippen LogP contribution in [-0.4, -0.2) is 93.7 Å². The fourth-order valence-corrected chi connectivity index (χ4v) is 10.0. The molecular formula is C32H41N5O3S. The van der Waals surface area contributed by atoms with Crippen molar-refractivity contribution in [2.75, 3.05) is 39.8 Å². The van der Waals surface area contributed by atoms with Crippen LogP contribution in [0.4, 0.5) is 0 Å². The first kappa shape index (κ1) is 27.3. The maximum atomic E-state index is 14.1. The highest BCUT2D eigenvalue weighted by Crippen LogP contribution is 2.55. The minimum absolute atomic E-state index is 0.163. The van der Waals surface area contributed by atoms with Crippen LogP contribution < -0.4 is 0 Å². The van der Waals surface area contributed by atoms with Crippen molar-refractivity contribution in [3.8, 4) is 0 Å². The van der Waals surface area contributed by atoms with Gasteiger partial charge in [-0.3, -0.25) is 14.6 Å². The molecule has 0 unspecified atom stereocenters. The largest absolute Gasteiger partial charge is 0.465 e. The Balaban J connectivity index is 1.02. The number of thioether (sulfide) groups is 1. The minimum Gasteiger partial charge on any atom is -0.465 e. The average Bonchev–Trinajstić information content (AvgIpc) is 3.38. The molecule has 2 aromatic rings. The molecule has 8 rings (SSSR count). The van der Waals surface area contributed by atoms with E-state index in [-0.39, 0.29) is 23.2 Å². The van der Waals surface area contributed by atoms with Gasteiger partial charge in [0.25, 0.3) is 0 Å². The summed E-state index contributed by atoms with van der Waals surface area (Å²) in [7, 11) is 1.40. The van der Waals surface area contributed by atoms with Crippen molar-refractivity contribution < 1.29 is 14.3 Å². The predicted octanol–water partition coefficient (Wildman–Crippen LogP) is 3.97. The molecular weight excluding hydrogens is 534 g/mol. The Labute approximate surface area is 247 Å². The fraction of sp³-hybridized carbons (Fsp3) is 0.625. The van der Waals surface area contributed by atoms with Gasteiger partial charge in [0.05, 0.1) is 18.7 Å². The van der Waals surface area contributed by atoms with E-state index in [9.17, 15) is 9.59 Å². The van der Waals surface area contributed by atoms with Gasteiger partial charge in [0.2, 0.25) is 5.91 Å². The highest BCUT2D eigenvalue weighted by atomic mass is 32.2. The Morgan fingerprint density at radius 3 is 2.20 bits per heavy atom. The summed E-state index contributed by atoms with van der Waals surface area (Å²) in [6.07, 6.45) is 11.6. The number of aromatic nitrogens is 2. The van der Waals surface area contributed by atoms with Crippen LogP contribution in [0.3, 0.4) is 0 Å². The lowest BCUT2D eigenvalue weighted by atomic mass is 9.54. The maximum Gasteiger partial charge on any atom is 0.337 e. The molecule has 6 aliphatic rings. The van der Waals surface area contributed by atoms with Crippen molar-refractivity contribution in [1.29, 1.82) is 0 Å². The second kappa shape index (κ2) is 11.7. The van der Waals surface area contributed by atoms with Crippen LogP contribution >= 0.6 is 11.8 Å². The minimum atomic E-state index is -0.335. The van der Waals surface area contributed by atoms with Crippen LogP contribution in [0.5, 0.6) is 0 Å². The van der Waals surface area contributed by atoms with Crippen molar-refractivity contribution in [3.63, 3.8) is 0 Å². The van der Waals surface area contributed by atoms with E-state index in [0.29, 0.717) is 12.1 Å². The number of hydrogen-bond donors (Lipinski definition) is 0. The van der Waals surface area contributed by atoms with Gasteiger partial charge in [-0.05, 0) is 86.0 Å². The van der Waals surface area contributed by atoms with Crippen molar-refractivity contribution in [3.05, 3.63) is 53.9 Å². The molecule has 0 spiro atoms. The Kier molecular flexibility index (Phi) is 7.77. The number of rotatable bonds is 7. The SMILES string of the molecule is COC(=O)c1ccc(CN2C[C@@H](Sc3ncccn3)C[C@H]2C(=O)N2CCN(C3C4CC5CC(C4)CC3C5)CC2)cc1. The van der Waals surface area contributed by atoms with Gasteiger partial charge in [-0.1, -0.05) is 23.9 Å². The quantitative estimate of drug-likeness (QED) is 0.363. The number of likely N-dealkylation sites (tertiary alicyclic amines) is 1. The van der Waals surface area contributed by atoms with E-state index in [0.717, 1.165) is 79.6 Å². The van der Waals surface area contributed by atoms with E-state index >= 15 is 0 Å². The molecule has 2 saturated heterocycles. The summed E-state index contributed by atoms with van der Waals surface area (Å²) in [6.45, 7) is 5.15. The molecule has 0 N–H and O–H groups in total. The van der Waals surface area contributed by atoms with Gasteiger partial charge in [0.15, 0.2) is 5.16 Å². The number of piperazine rings is 1. The lowest BCUT2D eigenvalue weighted by Crippen LogP contribution is -2.61. The highest BCUT2D eigenvalue weighted by molar-refractivity contribution is 7.99. The first-order chi connectivity index (χ1) is 20.0. The average molecular weight is 576 g/mol. The summed E-state index contributed by atoms with van der Waals surface area (Å²) >= 11 is 1.67. The van der Waals surface area contributed by atoms with Crippen LogP contribution in [0.2, 0.25) is 0 Å². The van der Waals surface area contributed by atoms with Gasteiger partial charge in [-0.2, -0.15) is 0 Å². The normalized spacial score (nSPS) is 33.3. The molecule has 4 saturated carbocycles. The summed E-state index contributed by atoms with van der Waals surface area (Å²) in [4.78, 5) is 42.0. The molecule has 4 aliphatic carbocycles. The molecule has 218 valence electrons. The summed E-state index contributed by atoms with van der Waals surface area (Å²) < 4.78 is 4.85. The van der Waals surface area contributed by atoms with Gasteiger partial charge in [-0.25, -0.2) is 14.8 Å². The van der Waals surface area contributed by atoms with E-state index in [2.05, 4.69) is 24.7 Å².